The van der Waals surface area contributed by atoms with Crippen LogP contribution in [0.25, 0.3) is 0 Å². The molecule has 2 rings (SSSR count). The molecular formula is C18H26N2O3. The van der Waals surface area contributed by atoms with Crippen LogP contribution in [0.4, 0.5) is 10.5 Å². The van der Waals surface area contributed by atoms with Crippen molar-refractivity contribution in [3.63, 3.8) is 0 Å². The molecule has 1 aliphatic rings. The van der Waals surface area contributed by atoms with Gasteiger partial charge in [-0.15, -0.1) is 0 Å². The minimum Gasteiger partial charge on any atom is -0.385 e. The van der Waals surface area contributed by atoms with Gasteiger partial charge in [0.1, 0.15) is 0 Å². The quantitative estimate of drug-likeness (QED) is 0.642. The molecule has 1 atom stereocenters. The van der Waals surface area contributed by atoms with Crippen molar-refractivity contribution in [2.24, 2.45) is 0 Å². The highest BCUT2D eigenvalue weighted by molar-refractivity contribution is 5.95. The Morgan fingerprint density at radius 1 is 1.26 bits per heavy atom. The van der Waals surface area contributed by atoms with Crippen molar-refractivity contribution < 1.29 is 14.3 Å². The van der Waals surface area contributed by atoms with Crippen molar-refractivity contribution >= 4 is 17.5 Å². The second-order valence-electron chi connectivity index (χ2n) is 6.04. The molecule has 1 aromatic carbocycles. The summed E-state index contributed by atoms with van der Waals surface area (Å²) in [4.78, 5) is 25.8. The largest absolute Gasteiger partial charge is 0.385 e. The van der Waals surface area contributed by atoms with E-state index in [1.165, 1.54) is 13.3 Å². The zero-order chi connectivity index (χ0) is 16.7. The summed E-state index contributed by atoms with van der Waals surface area (Å²) in [6.45, 7) is 3.07. The summed E-state index contributed by atoms with van der Waals surface area (Å²) in [5.41, 5.74) is 1.37. The molecule has 0 bridgehead atoms. The second kappa shape index (κ2) is 8.67. The molecule has 0 saturated carbocycles. The molecule has 0 radical (unpaired) electrons. The smallest absolute Gasteiger partial charge is 0.322 e. The van der Waals surface area contributed by atoms with Crippen molar-refractivity contribution in [2.75, 3.05) is 25.6 Å². The van der Waals surface area contributed by atoms with Gasteiger partial charge >= 0.3 is 6.03 Å². The molecule has 1 saturated heterocycles. The van der Waals surface area contributed by atoms with Crippen molar-refractivity contribution in [3.05, 3.63) is 29.8 Å². The number of nitrogens with one attached hydrogen (secondary N) is 1. The number of rotatable bonds is 6. The lowest BCUT2D eigenvalue weighted by atomic mass is 9.98. The fourth-order valence-electron chi connectivity index (χ4n) is 3.01. The lowest BCUT2D eigenvalue weighted by Gasteiger charge is -2.35. The number of ether oxygens (including phenoxy) is 1. The van der Waals surface area contributed by atoms with Crippen molar-refractivity contribution in [2.45, 2.75) is 45.1 Å². The van der Waals surface area contributed by atoms with E-state index in [1.54, 1.807) is 31.4 Å². The Labute approximate surface area is 138 Å². The van der Waals surface area contributed by atoms with Crippen LogP contribution in [-0.2, 0) is 4.74 Å². The SMILES string of the molecule is COCCCC1CCCCN1C(=O)Nc1ccc(C(C)=O)cc1. The minimum atomic E-state index is -0.0531. The molecule has 0 aliphatic carbocycles. The zero-order valence-electron chi connectivity index (χ0n) is 14.0. The van der Waals surface area contributed by atoms with Gasteiger partial charge in [-0.3, -0.25) is 4.79 Å². The van der Waals surface area contributed by atoms with Crippen molar-refractivity contribution in [3.8, 4) is 0 Å². The van der Waals surface area contributed by atoms with Gasteiger partial charge in [0, 0.05) is 37.6 Å². The first-order chi connectivity index (χ1) is 11.1. The summed E-state index contributed by atoms with van der Waals surface area (Å²) in [6, 6.07) is 7.27. The Morgan fingerprint density at radius 2 is 2.00 bits per heavy atom. The van der Waals surface area contributed by atoms with Crippen LogP contribution in [0.2, 0.25) is 0 Å². The maximum absolute atomic E-state index is 12.5. The van der Waals surface area contributed by atoms with Crippen LogP contribution < -0.4 is 5.32 Å². The molecular weight excluding hydrogens is 292 g/mol. The molecule has 5 nitrogen and oxygen atoms in total. The summed E-state index contributed by atoms with van der Waals surface area (Å²) in [5.74, 6) is 0.0251. The molecule has 1 N–H and O–H groups in total. The van der Waals surface area contributed by atoms with E-state index in [0.29, 0.717) is 5.56 Å². The Bertz CT molecular complexity index is 528. The highest BCUT2D eigenvalue weighted by Crippen LogP contribution is 2.22. The van der Waals surface area contributed by atoms with Crippen LogP contribution in [0.3, 0.4) is 0 Å². The summed E-state index contributed by atoms with van der Waals surface area (Å²) in [6.07, 6.45) is 5.23. The molecule has 23 heavy (non-hydrogen) atoms. The van der Waals surface area contributed by atoms with Crippen molar-refractivity contribution in [1.82, 2.24) is 4.90 Å². The summed E-state index contributed by atoms with van der Waals surface area (Å²) in [7, 11) is 1.70. The number of likely N-dealkylation sites (tertiary alicyclic amines) is 1. The normalized spacial score (nSPS) is 17.8. The van der Waals surface area contributed by atoms with E-state index >= 15 is 0 Å². The van der Waals surface area contributed by atoms with Gasteiger partial charge in [-0.2, -0.15) is 0 Å². The number of urea groups is 1. The van der Waals surface area contributed by atoms with Gasteiger partial charge in [-0.25, -0.2) is 4.79 Å². The minimum absolute atomic E-state index is 0.0251. The van der Waals surface area contributed by atoms with E-state index in [-0.39, 0.29) is 17.9 Å². The molecule has 1 heterocycles. The molecule has 0 spiro atoms. The first-order valence-corrected chi connectivity index (χ1v) is 8.29. The average Bonchev–Trinajstić information content (AvgIpc) is 2.56. The maximum atomic E-state index is 12.5. The summed E-state index contributed by atoms with van der Waals surface area (Å²) in [5, 5.41) is 2.94. The number of methoxy groups -OCH3 is 1. The molecule has 1 aliphatic heterocycles. The van der Waals surface area contributed by atoms with Crippen LogP contribution in [-0.4, -0.2) is 43.0 Å². The third kappa shape index (κ3) is 5.06. The lowest BCUT2D eigenvalue weighted by Crippen LogP contribution is -2.46. The van der Waals surface area contributed by atoms with E-state index in [4.69, 9.17) is 4.74 Å². The Balaban J connectivity index is 1.95. The third-order valence-corrected chi connectivity index (χ3v) is 4.32. The first kappa shape index (κ1) is 17.5. The zero-order valence-corrected chi connectivity index (χ0v) is 14.0. The number of anilines is 1. The molecule has 2 amide bonds. The van der Waals surface area contributed by atoms with E-state index in [2.05, 4.69) is 5.32 Å². The first-order valence-electron chi connectivity index (χ1n) is 8.29. The van der Waals surface area contributed by atoms with E-state index < -0.39 is 0 Å². The van der Waals surface area contributed by atoms with Crippen LogP contribution in [0, 0.1) is 0 Å². The standard InChI is InChI=1S/C18H26N2O3/c1-14(21)15-8-10-16(11-9-15)19-18(22)20-12-4-3-6-17(20)7-5-13-23-2/h8-11,17H,3-7,12-13H2,1-2H3,(H,19,22). The van der Waals surface area contributed by atoms with Gasteiger partial charge in [-0.05, 0) is 63.3 Å². The predicted octanol–water partition coefficient (Wildman–Crippen LogP) is 3.70. The monoisotopic (exact) mass is 318 g/mol. The maximum Gasteiger partial charge on any atom is 0.322 e. The average molecular weight is 318 g/mol. The summed E-state index contributed by atoms with van der Waals surface area (Å²) >= 11 is 0. The van der Waals surface area contributed by atoms with Crippen LogP contribution in [0.5, 0.6) is 0 Å². The van der Waals surface area contributed by atoms with Gasteiger partial charge in [0.2, 0.25) is 0 Å². The van der Waals surface area contributed by atoms with Gasteiger partial charge < -0.3 is 15.0 Å². The number of ketones is 1. The number of hydrogen-bond acceptors (Lipinski definition) is 3. The topological polar surface area (TPSA) is 58.6 Å². The van der Waals surface area contributed by atoms with E-state index in [9.17, 15) is 9.59 Å². The molecule has 5 heteroatoms. The lowest BCUT2D eigenvalue weighted by molar-refractivity contribution is 0.101. The number of carbonyl (C=O) groups excluding carboxylic acids is 2. The van der Waals surface area contributed by atoms with Gasteiger partial charge in [0.15, 0.2) is 5.78 Å². The Hall–Kier alpha value is -1.88. The number of nitrogens with zero attached hydrogens (tertiary/aromatic N) is 1. The fraction of sp³-hybridized carbons (Fsp3) is 0.556. The molecule has 126 valence electrons. The second-order valence-corrected chi connectivity index (χ2v) is 6.04. The van der Waals surface area contributed by atoms with Crippen molar-refractivity contribution in [1.29, 1.82) is 0 Å². The molecule has 1 aromatic rings. The molecule has 1 fully saturated rings. The summed E-state index contributed by atoms with van der Waals surface area (Å²) < 4.78 is 5.11. The number of carbonyl (C=O) groups is 2. The van der Waals surface area contributed by atoms with Gasteiger partial charge in [-0.1, -0.05) is 0 Å². The number of amides is 2. The number of benzene rings is 1. The molecule has 0 aromatic heterocycles. The number of hydrogen-bond donors (Lipinski definition) is 1. The predicted molar refractivity (Wildman–Crippen MR) is 90.9 cm³/mol. The van der Waals surface area contributed by atoms with Crippen LogP contribution in [0.15, 0.2) is 24.3 Å². The Kier molecular flexibility index (Phi) is 6.59. The molecule has 1 unspecified atom stereocenters. The van der Waals surface area contributed by atoms with E-state index in [1.807, 2.05) is 4.90 Å². The van der Waals surface area contributed by atoms with E-state index in [0.717, 1.165) is 44.5 Å². The fourth-order valence-corrected chi connectivity index (χ4v) is 3.01. The third-order valence-electron chi connectivity index (χ3n) is 4.32. The van der Waals surface area contributed by atoms with Gasteiger partial charge in [0.25, 0.3) is 0 Å². The number of Topliss-reactive ketones (excluding diaryl/α,β-unsaturated/α-hetero) is 1. The van der Waals surface area contributed by atoms with Crippen LogP contribution in [0.1, 0.15) is 49.4 Å². The highest BCUT2D eigenvalue weighted by Gasteiger charge is 2.26. The van der Waals surface area contributed by atoms with Crippen LogP contribution >= 0.6 is 0 Å². The highest BCUT2D eigenvalue weighted by atomic mass is 16.5. The number of piperidine rings is 1. The van der Waals surface area contributed by atoms with Gasteiger partial charge in [0.05, 0.1) is 0 Å². The Morgan fingerprint density at radius 3 is 2.65 bits per heavy atom.